The van der Waals surface area contributed by atoms with E-state index in [0.717, 1.165) is 5.56 Å². The topological polar surface area (TPSA) is 79.1 Å². The molecule has 90 valence electrons. The highest BCUT2D eigenvalue weighted by Gasteiger charge is 2.16. The molecule has 2 aromatic rings. The van der Waals surface area contributed by atoms with Crippen molar-refractivity contribution in [2.75, 3.05) is 5.73 Å². The van der Waals surface area contributed by atoms with E-state index in [1.54, 1.807) is 6.07 Å². The van der Waals surface area contributed by atoms with Crippen molar-refractivity contribution in [1.82, 2.24) is 4.98 Å². The van der Waals surface area contributed by atoms with Gasteiger partial charge in [-0.1, -0.05) is 26.8 Å². The van der Waals surface area contributed by atoms with Gasteiger partial charge >= 0.3 is 0 Å². The summed E-state index contributed by atoms with van der Waals surface area (Å²) in [6, 6.07) is 5.58. The number of rotatable bonds is 0. The van der Waals surface area contributed by atoms with E-state index in [4.69, 9.17) is 5.73 Å². The Morgan fingerprint density at radius 3 is 2.53 bits per heavy atom. The van der Waals surface area contributed by atoms with Gasteiger partial charge in [-0.05, 0) is 23.1 Å². The van der Waals surface area contributed by atoms with Gasteiger partial charge in [-0.25, -0.2) is 0 Å². The van der Waals surface area contributed by atoms with Crippen molar-refractivity contribution in [3.05, 3.63) is 34.1 Å². The maximum Gasteiger partial charge on any atom is 0.275 e. The van der Waals surface area contributed by atoms with Crippen molar-refractivity contribution in [2.45, 2.75) is 26.2 Å². The number of anilines is 1. The fraction of sp³-hybridized carbons (Fsp3) is 0.308. The molecule has 0 radical (unpaired) electrons. The quantitative estimate of drug-likeness (QED) is 0.651. The van der Waals surface area contributed by atoms with Gasteiger partial charge in [-0.15, -0.1) is 0 Å². The van der Waals surface area contributed by atoms with Crippen LogP contribution in [0.2, 0.25) is 0 Å². The molecular formula is C13H16N2O2. The van der Waals surface area contributed by atoms with Crippen molar-refractivity contribution in [2.24, 2.45) is 0 Å². The summed E-state index contributed by atoms with van der Waals surface area (Å²) in [5.74, 6) is -0.144. The maximum atomic E-state index is 11.4. The summed E-state index contributed by atoms with van der Waals surface area (Å²) in [4.78, 5) is 14.0. The molecule has 0 amide bonds. The van der Waals surface area contributed by atoms with Crippen molar-refractivity contribution in [3.63, 3.8) is 0 Å². The molecule has 0 fully saturated rings. The minimum Gasteiger partial charge on any atom is -0.505 e. The van der Waals surface area contributed by atoms with E-state index in [9.17, 15) is 9.90 Å². The fourth-order valence-corrected chi connectivity index (χ4v) is 1.76. The molecule has 0 saturated heterocycles. The van der Waals surface area contributed by atoms with Gasteiger partial charge in [0.1, 0.15) is 5.69 Å². The lowest BCUT2D eigenvalue weighted by molar-refractivity contribution is 0.483. The van der Waals surface area contributed by atoms with Crippen LogP contribution in [0.15, 0.2) is 23.0 Å². The smallest absolute Gasteiger partial charge is 0.275 e. The van der Waals surface area contributed by atoms with Crippen LogP contribution in [0.3, 0.4) is 0 Å². The number of nitrogen functional groups attached to an aromatic ring is 1. The molecule has 0 aliphatic heterocycles. The first-order valence-electron chi connectivity index (χ1n) is 5.45. The lowest BCUT2D eigenvalue weighted by atomic mass is 9.86. The van der Waals surface area contributed by atoms with E-state index < -0.39 is 5.56 Å². The average molecular weight is 232 g/mol. The normalized spacial score (nSPS) is 11.9. The Balaban J connectivity index is 2.82. The highest BCUT2D eigenvalue weighted by atomic mass is 16.3. The Bertz CT molecular complexity index is 636. The van der Waals surface area contributed by atoms with Crippen molar-refractivity contribution in [3.8, 4) is 5.75 Å². The second kappa shape index (κ2) is 3.52. The number of benzene rings is 1. The fourth-order valence-electron chi connectivity index (χ4n) is 1.76. The van der Waals surface area contributed by atoms with Crippen LogP contribution in [-0.4, -0.2) is 10.1 Å². The Labute approximate surface area is 99.1 Å². The molecule has 0 bridgehead atoms. The predicted molar refractivity (Wildman–Crippen MR) is 69.3 cm³/mol. The van der Waals surface area contributed by atoms with E-state index in [2.05, 4.69) is 25.8 Å². The van der Waals surface area contributed by atoms with Gasteiger partial charge in [-0.3, -0.25) is 4.79 Å². The lowest BCUT2D eigenvalue weighted by Crippen LogP contribution is -2.13. The molecule has 1 aromatic carbocycles. The maximum absolute atomic E-state index is 11.4. The van der Waals surface area contributed by atoms with Gasteiger partial charge in [0.25, 0.3) is 5.56 Å². The Kier molecular flexibility index (Phi) is 2.38. The van der Waals surface area contributed by atoms with E-state index in [-0.39, 0.29) is 16.9 Å². The zero-order valence-corrected chi connectivity index (χ0v) is 10.2. The van der Waals surface area contributed by atoms with Gasteiger partial charge < -0.3 is 15.8 Å². The molecule has 0 saturated carbocycles. The molecule has 0 aliphatic carbocycles. The average Bonchev–Trinajstić information content (AvgIpc) is 2.24. The van der Waals surface area contributed by atoms with Crippen LogP contribution in [0.4, 0.5) is 5.69 Å². The number of nitrogens with two attached hydrogens (primary N) is 1. The van der Waals surface area contributed by atoms with Crippen LogP contribution < -0.4 is 11.3 Å². The zero-order valence-electron chi connectivity index (χ0n) is 10.2. The number of aromatic amines is 1. The minimum atomic E-state index is -0.460. The van der Waals surface area contributed by atoms with E-state index in [1.165, 1.54) is 0 Å². The Morgan fingerprint density at radius 1 is 1.29 bits per heavy atom. The first kappa shape index (κ1) is 11.5. The van der Waals surface area contributed by atoms with Crippen LogP contribution >= 0.6 is 0 Å². The number of H-pyrrole nitrogens is 1. The minimum absolute atomic E-state index is 0.0223. The molecule has 0 unspecified atom stereocenters. The second-order valence-electron chi connectivity index (χ2n) is 5.23. The summed E-state index contributed by atoms with van der Waals surface area (Å²) < 4.78 is 0. The number of hydrogen-bond donors (Lipinski definition) is 3. The summed E-state index contributed by atoms with van der Waals surface area (Å²) in [6.07, 6.45) is 0. The second-order valence-corrected chi connectivity index (χ2v) is 5.23. The van der Waals surface area contributed by atoms with Crippen LogP contribution in [0.25, 0.3) is 10.9 Å². The number of aromatic hydroxyl groups is 1. The number of pyridine rings is 1. The van der Waals surface area contributed by atoms with Crippen molar-refractivity contribution < 1.29 is 5.11 Å². The number of nitrogens with one attached hydrogen (secondary N) is 1. The Hall–Kier alpha value is -1.97. The molecule has 1 aromatic heterocycles. The van der Waals surface area contributed by atoms with E-state index in [1.807, 2.05) is 12.1 Å². The molecule has 4 heteroatoms. The van der Waals surface area contributed by atoms with Crippen molar-refractivity contribution in [1.29, 1.82) is 0 Å². The summed E-state index contributed by atoms with van der Waals surface area (Å²) in [7, 11) is 0. The molecule has 1 heterocycles. The third-order valence-corrected chi connectivity index (χ3v) is 2.89. The summed E-state index contributed by atoms with van der Waals surface area (Å²) in [6.45, 7) is 6.25. The van der Waals surface area contributed by atoms with E-state index >= 15 is 0 Å². The molecule has 2 rings (SSSR count). The van der Waals surface area contributed by atoms with Crippen LogP contribution in [0.5, 0.6) is 5.75 Å². The first-order chi connectivity index (χ1) is 7.80. The highest BCUT2D eigenvalue weighted by molar-refractivity contribution is 5.89. The standard InChI is InChI=1S/C13H16N2O2/c1-13(2,3)7-4-5-9-8(6-7)11(16)10(14)12(17)15-9/h4-6H,14H2,1-3H3,(H2,15,16,17). The number of hydrogen-bond acceptors (Lipinski definition) is 3. The van der Waals surface area contributed by atoms with E-state index in [0.29, 0.717) is 10.9 Å². The van der Waals surface area contributed by atoms with Gasteiger partial charge in [0, 0.05) is 5.39 Å². The third kappa shape index (κ3) is 1.86. The molecule has 0 aliphatic rings. The van der Waals surface area contributed by atoms with Crippen LogP contribution in [-0.2, 0) is 5.41 Å². The molecule has 17 heavy (non-hydrogen) atoms. The molecule has 0 spiro atoms. The highest BCUT2D eigenvalue weighted by Crippen LogP contribution is 2.31. The monoisotopic (exact) mass is 232 g/mol. The molecule has 4 N–H and O–H groups in total. The molecule has 0 atom stereocenters. The number of fused-ring (bicyclic) bond motifs is 1. The van der Waals surface area contributed by atoms with Crippen molar-refractivity contribution >= 4 is 16.6 Å². The summed E-state index contributed by atoms with van der Waals surface area (Å²) >= 11 is 0. The van der Waals surface area contributed by atoms with Crippen LogP contribution in [0, 0.1) is 0 Å². The number of aromatic nitrogens is 1. The van der Waals surface area contributed by atoms with Gasteiger partial charge in [0.15, 0.2) is 5.75 Å². The third-order valence-electron chi connectivity index (χ3n) is 2.89. The lowest BCUT2D eigenvalue weighted by Gasteiger charge is -2.19. The predicted octanol–water partition coefficient (Wildman–Crippen LogP) is 2.11. The Morgan fingerprint density at radius 2 is 1.94 bits per heavy atom. The zero-order chi connectivity index (χ0) is 12.8. The SMILES string of the molecule is CC(C)(C)c1ccc2[nH]c(=O)c(N)c(O)c2c1. The van der Waals surface area contributed by atoms with Gasteiger partial charge in [0.05, 0.1) is 5.52 Å². The molecular weight excluding hydrogens is 216 g/mol. The van der Waals surface area contributed by atoms with Crippen LogP contribution in [0.1, 0.15) is 26.3 Å². The summed E-state index contributed by atoms with van der Waals surface area (Å²) in [5.41, 5.74) is 6.56. The first-order valence-corrected chi connectivity index (χ1v) is 5.45. The molecule has 4 nitrogen and oxygen atoms in total. The largest absolute Gasteiger partial charge is 0.505 e. The van der Waals surface area contributed by atoms with Gasteiger partial charge in [-0.2, -0.15) is 0 Å². The summed E-state index contributed by atoms with van der Waals surface area (Å²) in [5, 5.41) is 10.5. The van der Waals surface area contributed by atoms with Gasteiger partial charge in [0.2, 0.25) is 0 Å².